The SMILES string of the molecule is OCC1CN(CI)CC=C1c1ccc(F)cc1. The summed E-state index contributed by atoms with van der Waals surface area (Å²) in [5.41, 5.74) is 2.15. The lowest BCUT2D eigenvalue weighted by Crippen LogP contribution is -2.34. The lowest BCUT2D eigenvalue weighted by Gasteiger charge is -2.31. The lowest BCUT2D eigenvalue weighted by molar-refractivity contribution is 0.210. The van der Waals surface area contributed by atoms with E-state index in [2.05, 4.69) is 33.6 Å². The molecule has 1 heterocycles. The van der Waals surface area contributed by atoms with Gasteiger partial charge in [-0.3, -0.25) is 4.90 Å². The number of hydrogen-bond donors (Lipinski definition) is 1. The maximum atomic E-state index is 12.9. The van der Waals surface area contributed by atoms with E-state index in [1.165, 1.54) is 12.1 Å². The van der Waals surface area contributed by atoms with Crippen molar-refractivity contribution >= 4 is 28.2 Å². The van der Waals surface area contributed by atoms with Crippen LogP contribution in [0.5, 0.6) is 0 Å². The van der Waals surface area contributed by atoms with Crippen molar-refractivity contribution in [2.45, 2.75) is 0 Å². The van der Waals surface area contributed by atoms with E-state index in [0.29, 0.717) is 0 Å². The van der Waals surface area contributed by atoms with Gasteiger partial charge in [-0.2, -0.15) is 0 Å². The van der Waals surface area contributed by atoms with Crippen LogP contribution >= 0.6 is 22.6 Å². The monoisotopic (exact) mass is 347 g/mol. The quantitative estimate of drug-likeness (QED) is 0.516. The number of alkyl halides is 1. The van der Waals surface area contributed by atoms with Gasteiger partial charge in [-0.1, -0.05) is 40.8 Å². The standard InChI is InChI=1S/C13H15FINO/c14-12-3-1-10(2-4-12)13-5-6-16(9-15)7-11(13)8-17/h1-5,11,17H,6-9H2. The van der Waals surface area contributed by atoms with Crippen LogP contribution in [0.1, 0.15) is 5.56 Å². The zero-order valence-electron chi connectivity index (χ0n) is 9.44. The molecular formula is C13H15FINO. The molecule has 0 saturated heterocycles. The highest BCUT2D eigenvalue weighted by Crippen LogP contribution is 2.28. The summed E-state index contributed by atoms with van der Waals surface area (Å²) < 4.78 is 13.8. The van der Waals surface area contributed by atoms with Crippen molar-refractivity contribution in [2.24, 2.45) is 5.92 Å². The van der Waals surface area contributed by atoms with E-state index in [4.69, 9.17) is 0 Å². The molecule has 17 heavy (non-hydrogen) atoms. The summed E-state index contributed by atoms with van der Waals surface area (Å²) in [6, 6.07) is 6.50. The molecule has 1 aromatic rings. The van der Waals surface area contributed by atoms with E-state index in [0.717, 1.165) is 28.8 Å². The molecule has 0 spiro atoms. The summed E-state index contributed by atoms with van der Waals surface area (Å²) in [4.78, 5) is 2.27. The fourth-order valence-electron chi connectivity index (χ4n) is 2.13. The van der Waals surface area contributed by atoms with Crippen molar-refractivity contribution in [2.75, 3.05) is 24.2 Å². The molecule has 4 heteroatoms. The van der Waals surface area contributed by atoms with Gasteiger partial charge in [-0.15, -0.1) is 0 Å². The Morgan fingerprint density at radius 2 is 2.06 bits per heavy atom. The van der Waals surface area contributed by atoms with E-state index < -0.39 is 0 Å². The minimum Gasteiger partial charge on any atom is -0.396 e. The Labute approximate surface area is 114 Å². The van der Waals surface area contributed by atoms with Crippen molar-refractivity contribution < 1.29 is 9.50 Å². The van der Waals surface area contributed by atoms with Crippen molar-refractivity contribution in [3.8, 4) is 0 Å². The Balaban J connectivity index is 2.24. The van der Waals surface area contributed by atoms with Gasteiger partial charge < -0.3 is 5.11 Å². The molecule has 1 atom stereocenters. The maximum absolute atomic E-state index is 12.9. The lowest BCUT2D eigenvalue weighted by atomic mass is 9.90. The molecule has 0 saturated carbocycles. The molecule has 2 rings (SSSR count). The van der Waals surface area contributed by atoms with Crippen molar-refractivity contribution in [3.05, 3.63) is 41.7 Å². The summed E-state index contributed by atoms with van der Waals surface area (Å²) in [5.74, 6) is -0.0939. The summed E-state index contributed by atoms with van der Waals surface area (Å²) in [7, 11) is 0. The first-order valence-electron chi connectivity index (χ1n) is 5.59. The average molecular weight is 347 g/mol. The topological polar surface area (TPSA) is 23.5 Å². The van der Waals surface area contributed by atoms with E-state index in [9.17, 15) is 9.50 Å². The van der Waals surface area contributed by atoms with Crippen LogP contribution in [-0.4, -0.2) is 34.3 Å². The second kappa shape index (κ2) is 5.93. The van der Waals surface area contributed by atoms with E-state index in [1.807, 2.05) is 0 Å². The molecule has 0 aliphatic carbocycles. The number of benzene rings is 1. The number of aliphatic hydroxyl groups is 1. The first-order chi connectivity index (χ1) is 8.24. The van der Waals surface area contributed by atoms with Gasteiger partial charge in [0, 0.05) is 19.0 Å². The predicted molar refractivity (Wildman–Crippen MR) is 75.4 cm³/mol. The van der Waals surface area contributed by atoms with E-state index >= 15 is 0 Å². The van der Waals surface area contributed by atoms with Crippen LogP contribution in [0.25, 0.3) is 5.57 Å². The van der Waals surface area contributed by atoms with Crippen LogP contribution in [0.3, 0.4) is 0 Å². The van der Waals surface area contributed by atoms with Gasteiger partial charge in [0.25, 0.3) is 0 Å². The van der Waals surface area contributed by atoms with Gasteiger partial charge in [0.15, 0.2) is 0 Å². The molecule has 1 aliphatic rings. The van der Waals surface area contributed by atoms with Crippen LogP contribution in [-0.2, 0) is 0 Å². The van der Waals surface area contributed by atoms with E-state index in [-0.39, 0.29) is 18.3 Å². The first-order valence-corrected chi connectivity index (χ1v) is 7.12. The molecule has 0 bridgehead atoms. The number of hydrogen-bond acceptors (Lipinski definition) is 2. The van der Waals surface area contributed by atoms with E-state index in [1.54, 1.807) is 12.1 Å². The molecule has 0 aromatic heterocycles. The Hall–Kier alpha value is -0.460. The van der Waals surface area contributed by atoms with Crippen LogP contribution in [0.15, 0.2) is 30.3 Å². The molecule has 0 radical (unpaired) electrons. The largest absolute Gasteiger partial charge is 0.396 e. The Morgan fingerprint density at radius 3 is 2.65 bits per heavy atom. The highest BCUT2D eigenvalue weighted by Gasteiger charge is 2.22. The molecule has 0 fully saturated rings. The van der Waals surface area contributed by atoms with Gasteiger partial charge in [-0.25, -0.2) is 4.39 Å². The first kappa shape index (κ1) is 13.0. The van der Waals surface area contributed by atoms with Gasteiger partial charge in [0.2, 0.25) is 0 Å². The van der Waals surface area contributed by atoms with Gasteiger partial charge in [0.1, 0.15) is 5.82 Å². The molecule has 1 aliphatic heterocycles. The van der Waals surface area contributed by atoms with Crippen molar-refractivity contribution in [1.82, 2.24) is 4.90 Å². The van der Waals surface area contributed by atoms with Gasteiger partial charge in [0.05, 0.1) is 11.2 Å². The minimum atomic E-state index is -0.223. The Bertz CT molecular complexity index is 404. The third-order valence-electron chi connectivity index (χ3n) is 3.05. The fraction of sp³-hybridized carbons (Fsp3) is 0.385. The number of rotatable bonds is 3. The third kappa shape index (κ3) is 3.05. The summed E-state index contributed by atoms with van der Waals surface area (Å²) in [6.45, 7) is 1.89. The number of halogens is 2. The van der Waals surface area contributed by atoms with Crippen molar-refractivity contribution in [3.63, 3.8) is 0 Å². The Kier molecular flexibility index (Phi) is 4.53. The van der Waals surface area contributed by atoms with Crippen LogP contribution < -0.4 is 0 Å². The maximum Gasteiger partial charge on any atom is 0.123 e. The second-order valence-corrected chi connectivity index (χ2v) is 4.88. The summed E-state index contributed by atoms with van der Waals surface area (Å²) in [5, 5.41) is 9.45. The molecule has 92 valence electrons. The molecule has 0 amide bonds. The normalized spacial score (nSPS) is 21.4. The smallest absolute Gasteiger partial charge is 0.123 e. The van der Waals surface area contributed by atoms with Gasteiger partial charge in [-0.05, 0) is 23.3 Å². The molecular weight excluding hydrogens is 332 g/mol. The summed E-state index contributed by atoms with van der Waals surface area (Å²) in [6.07, 6.45) is 2.14. The van der Waals surface area contributed by atoms with Crippen LogP contribution in [0.2, 0.25) is 0 Å². The molecule has 2 nitrogen and oxygen atoms in total. The Morgan fingerprint density at radius 1 is 1.35 bits per heavy atom. The predicted octanol–water partition coefficient (Wildman–Crippen LogP) is 2.53. The molecule has 1 aromatic carbocycles. The average Bonchev–Trinajstić information content (AvgIpc) is 2.39. The minimum absolute atomic E-state index is 0.129. The summed E-state index contributed by atoms with van der Waals surface area (Å²) >= 11 is 2.32. The van der Waals surface area contributed by atoms with Crippen LogP contribution in [0.4, 0.5) is 4.39 Å². The second-order valence-electron chi connectivity index (χ2n) is 4.20. The molecule has 1 unspecified atom stereocenters. The van der Waals surface area contributed by atoms with Crippen LogP contribution in [0, 0.1) is 11.7 Å². The number of nitrogens with zero attached hydrogens (tertiary/aromatic N) is 1. The van der Waals surface area contributed by atoms with Gasteiger partial charge >= 0.3 is 0 Å². The highest BCUT2D eigenvalue weighted by molar-refractivity contribution is 14.1. The highest BCUT2D eigenvalue weighted by atomic mass is 127. The fourth-order valence-corrected chi connectivity index (χ4v) is 2.69. The third-order valence-corrected chi connectivity index (χ3v) is 4.02. The molecule has 1 N–H and O–H groups in total. The zero-order chi connectivity index (χ0) is 12.3. The van der Waals surface area contributed by atoms with Crippen molar-refractivity contribution in [1.29, 1.82) is 0 Å². The zero-order valence-corrected chi connectivity index (χ0v) is 11.6. The number of aliphatic hydroxyl groups excluding tert-OH is 1.